The van der Waals surface area contributed by atoms with Crippen molar-refractivity contribution in [3.05, 3.63) is 64.5 Å². The number of aromatic nitrogens is 2. The Hall–Kier alpha value is -2.86. The molecule has 6 nitrogen and oxygen atoms in total. The smallest absolute Gasteiger partial charge is 0.322 e. The number of nitrogens with one attached hydrogen (secondary N) is 1. The van der Waals surface area contributed by atoms with Crippen LogP contribution in [0.1, 0.15) is 35.9 Å². The van der Waals surface area contributed by atoms with Crippen molar-refractivity contribution < 1.29 is 9.32 Å². The minimum atomic E-state index is -0.232. The molecule has 0 saturated carbocycles. The average molecular weight is 397 g/mol. The van der Waals surface area contributed by atoms with Crippen LogP contribution in [0.15, 0.2) is 47.0 Å². The van der Waals surface area contributed by atoms with E-state index in [2.05, 4.69) is 15.5 Å². The Morgan fingerprint density at radius 1 is 1.21 bits per heavy atom. The lowest BCUT2D eigenvalue weighted by molar-refractivity contribution is 0.193. The number of carbonyl (C=O) groups is 1. The maximum atomic E-state index is 12.9. The van der Waals surface area contributed by atoms with Gasteiger partial charge in [-0.25, -0.2) is 4.79 Å². The molecule has 1 atom stereocenters. The molecular formula is C21H21ClN4O2. The van der Waals surface area contributed by atoms with Crippen molar-refractivity contribution in [3.63, 3.8) is 0 Å². The van der Waals surface area contributed by atoms with E-state index in [0.29, 0.717) is 23.3 Å². The van der Waals surface area contributed by atoms with Gasteiger partial charge in [-0.1, -0.05) is 47.1 Å². The molecule has 4 rings (SSSR count). The molecule has 1 fully saturated rings. The summed E-state index contributed by atoms with van der Waals surface area (Å²) in [5.41, 5.74) is 3.70. The minimum absolute atomic E-state index is 0.151. The van der Waals surface area contributed by atoms with E-state index in [1.807, 2.05) is 44.2 Å². The molecule has 2 amide bonds. The lowest BCUT2D eigenvalue weighted by atomic mass is 10.1. The first kappa shape index (κ1) is 18.5. The van der Waals surface area contributed by atoms with Crippen LogP contribution in [0.2, 0.25) is 5.02 Å². The molecule has 0 radical (unpaired) electrons. The standard InChI is InChI=1S/C21H21ClN4O2/c1-13-6-3-7-14(2)18(13)23-21(27)26-11-5-10-17(26)20-24-19(25-28-20)15-8-4-9-16(22)12-15/h3-4,6-9,12,17H,5,10-11H2,1-2H3,(H,23,27). The molecule has 0 aliphatic carbocycles. The molecule has 0 spiro atoms. The monoisotopic (exact) mass is 396 g/mol. The van der Waals surface area contributed by atoms with E-state index in [-0.39, 0.29) is 12.1 Å². The SMILES string of the molecule is Cc1cccc(C)c1NC(=O)N1CCCC1c1nc(-c2cccc(Cl)c2)no1. The Labute approximate surface area is 168 Å². The van der Waals surface area contributed by atoms with Gasteiger partial charge in [-0.05, 0) is 49.9 Å². The van der Waals surface area contributed by atoms with E-state index in [0.717, 1.165) is 35.2 Å². The highest BCUT2D eigenvalue weighted by Gasteiger charge is 2.34. The number of hydrogen-bond acceptors (Lipinski definition) is 4. The van der Waals surface area contributed by atoms with Crippen LogP contribution in [0.4, 0.5) is 10.5 Å². The summed E-state index contributed by atoms with van der Waals surface area (Å²) in [6, 6.07) is 12.9. The highest BCUT2D eigenvalue weighted by atomic mass is 35.5. The zero-order chi connectivity index (χ0) is 19.7. The molecule has 3 aromatic rings. The number of halogens is 1. The van der Waals surface area contributed by atoms with Crippen molar-refractivity contribution in [3.8, 4) is 11.4 Å². The number of aryl methyl sites for hydroxylation is 2. The number of nitrogens with zero attached hydrogens (tertiary/aromatic N) is 3. The first-order valence-electron chi connectivity index (χ1n) is 9.26. The molecule has 1 aliphatic rings. The fraction of sp³-hybridized carbons (Fsp3) is 0.286. The number of urea groups is 1. The normalized spacial score (nSPS) is 16.4. The third kappa shape index (κ3) is 3.60. The van der Waals surface area contributed by atoms with Crippen molar-refractivity contribution in [1.29, 1.82) is 0 Å². The van der Waals surface area contributed by atoms with Gasteiger partial charge in [-0.3, -0.25) is 0 Å². The lowest BCUT2D eigenvalue weighted by Gasteiger charge is -2.23. The Morgan fingerprint density at radius 2 is 1.96 bits per heavy atom. The van der Waals surface area contributed by atoms with Crippen LogP contribution in [0.25, 0.3) is 11.4 Å². The van der Waals surface area contributed by atoms with Gasteiger partial charge in [0.25, 0.3) is 0 Å². The largest absolute Gasteiger partial charge is 0.337 e. The van der Waals surface area contributed by atoms with Crippen molar-refractivity contribution in [1.82, 2.24) is 15.0 Å². The topological polar surface area (TPSA) is 71.3 Å². The van der Waals surface area contributed by atoms with E-state index >= 15 is 0 Å². The number of rotatable bonds is 3. The number of para-hydroxylation sites is 1. The van der Waals surface area contributed by atoms with Crippen LogP contribution in [0.5, 0.6) is 0 Å². The van der Waals surface area contributed by atoms with Gasteiger partial charge in [0.15, 0.2) is 0 Å². The van der Waals surface area contributed by atoms with Crippen LogP contribution in [0, 0.1) is 13.8 Å². The third-order valence-electron chi connectivity index (χ3n) is 5.04. The van der Waals surface area contributed by atoms with E-state index in [9.17, 15) is 4.79 Å². The molecule has 1 saturated heterocycles. The van der Waals surface area contributed by atoms with Gasteiger partial charge in [-0.2, -0.15) is 4.98 Å². The fourth-order valence-corrected chi connectivity index (χ4v) is 3.76. The summed E-state index contributed by atoms with van der Waals surface area (Å²) in [5.74, 6) is 0.920. The van der Waals surface area contributed by atoms with E-state index in [4.69, 9.17) is 16.1 Å². The summed E-state index contributed by atoms with van der Waals surface area (Å²) in [4.78, 5) is 19.2. The van der Waals surface area contributed by atoms with Crippen LogP contribution in [-0.2, 0) is 0 Å². The van der Waals surface area contributed by atoms with Gasteiger partial charge in [-0.15, -0.1) is 0 Å². The van der Waals surface area contributed by atoms with Crippen molar-refractivity contribution in [2.24, 2.45) is 0 Å². The molecule has 2 aromatic carbocycles. The number of carbonyl (C=O) groups excluding carboxylic acids is 1. The van der Waals surface area contributed by atoms with Crippen molar-refractivity contribution in [2.75, 3.05) is 11.9 Å². The molecule has 1 aliphatic heterocycles. The maximum Gasteiger partial charge on any atom is 0.322 e. The van der Waals surface area contributed by atoms with Gasteiger partial charge in [0.2, 0.25) is 11.7 Å². The minimum Gasteiger partial charge on any atom is -0.337 e. The third-order valence-corrected chi connectivity index (χ3v) is 5.27. The van der Waals surface area contributed by atoms with E-state index in [1.165, 1.54) is 0 Å². The quantitative estimate of drug-likeness (QED) is 0.645. The van der Waals surface area contributed by atoms with Gasteiger partial charge < -0.3 is 14.7 Å². The molecule has 1 unspecified atom stereocenters. The average Bonchev–Trinajstić information content (AvgIpc) is 3.33. The lowest BCUT2D eigenvalue weighted by Crippen LogP contribution is -2.35. The van der Waals surface area contributed by atoms with E-state index in [1.54, 1.807) is 17.0 Å². The molecule has 1 N–H and O–H groups in total. The van der Waals surface area contributed by atoms with Crippen LogP contribution in [-0.4, -0.2) is 27.6 Å². The number of amides is 2. The van der Waals surface area contributed by atoms with E-state index < -0.39 is 0 Å². The highest BCUT2D eigenvalue weighted by molar-refractivity contribution is 6.30. The zero-order valence-electron chi connectivity index (χ0n) is 15.8. The fourth-order valence-electron chi connectivity index (χ4n) is 3.57. The predicted octanol–water partition coefficient (Wildman–Crippen LogP) is 5.38. The number of hydrogen-bond donors (Lipinski definition) is 1. The zero-order valence-corrected chi connectivity index (χ0v) is 16.5. The second-order valence-corrected chi connectivity index (χ2v) is 7.45. The summed E-state index contributed by atoms with van der Waals surface area (Å²) >= 11 is 6.05. The molecule has 2 heterocycles. The second kappa shape index (κ2) is 7.64. The summed E-state index contributed by atoms with van der Waals surface area (Å²) in [6.45, 7) is 4.62. The predicted molar refractivity (Wildman–Crippen MR) is 108 cm³/mol. The Balaban J connectivity index is 1.55. The summed E-state index contributed by atoms with van der Waals surface area (Å²) in [5, 5.41) is 7.73. The van der Waals surface area contributed by atoms with Crippen molar-refractivity contribution in [2.45, 2.75) is 32.7 Å². The summed E-state index contributed by atoms with van der Waals surface area (Å²) in [7, 11) is 0. The molecule has 7 heteroatoms. The first-order chi connectivity index (χ1) is 13.5. The molecule has 28 heavy (non-hydrogen) atoms. The van der Waals surface area contributed by atoms with Gasteiger partial charge in [0, 0.05) is 22.8 Å². The Bertz CT molecular complexity index is 997. The van der Waals surface area contributed by atoms with Gasteiger partial charge in [0.1, 0.15) is 6.04 Å². The van der Waals surface area contributed by atoms with Crippen molar-refractivity contribution >= 4 is 23.3 Å². The maximum absolute atomic E-state index is 12.9. The number of likely N-dealkylation sites (tertiary alicyclic amines) is 1. The highest BCUT2D eigenvalue weighted by Crippen LogP contribution is 2.33. The van der Waals surface area contributed by atoms with Crippen LogP contribution < -0.4 is 5.32 Å². The van der Waals surface area contributed by atoms with Gasteiger partial charge >= 0.3 is 6.03 Å². The van der Waals surface area contributed by atoms with Gasteiger partial charge in [0.05, 0.1) is 0 Å². The Kier molecular flexibility index (Phi) is 5.05. The second-order valence-electron chi connectivity index (χ2n) is 7.01. The summed E-state index contributed by atoms with van der Waals surface area (Å²) in [6.07, 6.45) is 1.68. The molecule has 1 aromatic heterocycles. The van der Waals surface area contributed by atoms with Crippen LogP contribution >= 0.6 is 11.6 Å². The number of benzene rings is 2. The number of anilines is 1. The summed E-state index contributed by atoms with van der Waals surface area (Å²) < 4.78 is 5.50. The van der Waals surface area contributed by atoms with Crippen LogP contribution in [0.3, 0.4) is 0 Å². The molecule has 0 bridgehead atoms. The molecular weight excluding hydrogens is 376 g/mol. The Morgan fingerprint density at radius 3 is 2.71 bits per heavy atom. The first-order valence-corrected chi connectivity index (χ1v) is 9.64. The molecule has 144 valence electrons.